The summed E-state index contributed by atoms with van der Waals surface area (Å²) in [6, 6.07) is 0.213. The first-order valence-electron chi connectivity index (χ1n) is 16.9. The zero-order chi connectivity index (χ0) is 29.5. The lowest BCUT2D eigenvalue weighted by Crippen LogP contribution is -2.52. The van der Waals surface area contributed by atoms with Crippen LogP contribution in [0, 0.1) is 57.7 Å². The second kappa shape index (κ2) is 12.1. The Kier molecular flexibility index (Phi) is 9.58. The van der Waals surface area contributed by atoms with E-state index in [-0.39, 0.29) is 29.7 Å². The summed E-state index contributed by atoms with van der Waals surface area (Å²) in [5.74, 6) is 4.21. The Labute approximate surface area is 245 Å². The van der Waals surface area contributed by atoms with Crippen LogP contribution in [0.2, 0.25) is 0 Å². The molecule has 4 aliphatic carbocycles. The predicted molar refractivity (Wildman–Crippen MR) is 165 cm³/mol. The molecule has 0 aromatic carbocycles. The molecule has 228 valence electrons. The first-order chi connectivity index (χ1) is 18.7. The van der Waals surface area contributed by atoms with Gasteiger partial charge in [0.1, 0.15) is 0 Å². The topological polar surface area (TPSA) is 66.4 Å². The summed E-state index contributed by atoms with van der Waals surface area (Å²) in [6.07, 6.45) is 17.6. The van der Waals surface area contributed by atoms with E-state index in [1.165, 1.54) is 57.8 Å². The lowest BCUT2D eigenvalue weighted by atomic mass is 9.47. The highest BCUT2D eigenvalue weighted by atomic mass is 16.4. The fraction of sp³-hybridized carbons (Fsp3) is 0.889. The van der Waals surface area contributed by atoms with Crippen molar-refractivity contribution in [3.8, 4) is 0 Å². The van der Waals surface area contributed by atoms with Gasteiger partial charge in [0.2, 0.25) is 5.91 Å². The number of hydrogen-bond acceptors (Lipinski definition) is 2. The maximum atomic E-state index is 13.1. The largest absolute Gasteiger partial charge is 0.481 e. The van der Waals surface area contributed by atoms with E-state index in [0.29, 0.717) is 17.3 Å². The molecule has 4 aliphatic rings. The Hall–Kier alpha value is -1.32. The van der Waals surface area contributed by atoms with Crippen molar-refractivity contribution in [1.29, 1.82) is 0 Å². The van der Waals surface area contributed by atoms with Gasteiger partial charge in [-0.2, -0.15) is 0 Å². The third-order valence-corrected chi connectivity index (χ3v) is 12.6. The molecule has 9 atom stereocenters. The fourth-order valence-electron chi connectivity index (χ4n) is 10.6. The van der Waals surface area contributed by atoms with E-state index in [2.05, 4.69) is 46.0 Å². The van der Waals surface area contributed by atoms with Gasteiger partial charge in [-0.05, 0) is 110 Å². The highest BCUT2D eigenvalue weighted by Gasteiger charge is 2.59. The molecule has 4 unspecified atom stereocenters. The summed E-state index contributed by atoms with van der Waals surface area (Å²) in [5, 5.41) is 12.6. The van der Waals surface area contributed by atoms with E-state index >= 15 is 0 Å². The van der Waals surface area contributed by atoms with Crippen molar-refractivity contribution in [1.82, 2.24) is 5.32 Å². The van der Waals surface area contributed by atoms with E-state index in [0.717, 1.165) is 48.3 Å². The first kappa shape index (κ1) is 31.6. The molecule has 2 N–H and O–H groups in total. The van der Waals surface area contributed by atoms with Crippen molar-refractivity contribution in [2.45, 2.75) is 145 Å². The Balaban J connectivity index is 1.37. The van der Waals surface area contributed by atoms with Gasteiger partial charge in [0.15, 0.2) is 0 Å². The minimum Gasteiger partial charge on any atom is -0.481 e. The molecular formula is C36H61NO3. The van der Waals surface area contributed by atoms with E-state index in [1.54, 1.807) is 5.57 Å². The van der Waals surface area contributed by atoms with E-state index < -0.39 is 5.97 Å². The van der Waals surface area contributed by atoms with Crippen LogP contribution in [-0.2, 0) is 9.59 Å². The van der Waals surface area contributed by atoms with Crippen LogP contribution in [0.4, 0.5) is 0 Å². The van der Waals surface area contributed by atoms with Crippen molar-refractivity contribution in [2.75, 3.05) is 0 Å². The second-order valence-corrected chi connectivity index (χ2v) is 16.6. The van der Waals surface area contributed by atoms with Gasteiger partial charge in [-0.15, -0.1) is 0 Å². The summed E-state index contributed by atoms with van der Waals surface area (Å²) in [6.45, 7) is 18.4. The average molecular weight is 556 g/mol. The number of carboxylic acids is 1. The third kappa shape index (κ3) is 6.51. The number of carbonyl (C=O) groups is 2. The minimum absolute atomic E-state index is 0.0919. The van der Waals surface area contributed by atoms with Gasteiger partial charge >= 0.3 is 5.97 Å². The highest BCUT2D eigenvalue weighted by Crippen LogP contribution is 2.67. The molecule has 0 aromatic heterocycles. The van der Waals surface area contributed by atoms with Crippen molar-refractivity contribution < 1.29 is 14.7 Å². The van der Waals surface area contributed by atoms with Gasteiger partial charge in [0.25, 0.3) is 0 Å². The zero-order valence-electron chi connectivity index (χ0n) is 27.2. The number of allylic oxidation sites excluding steroid dienone is 1. The van der Waals surface area contributed by atoms with Crippen molar-refractivity contribution >= 4 is 11.9 Å². The molecule has 0 bridgehead atoms. The Morgan fingerprint density at radius 2 is 1.75 bits per heavy atom. The molecule has 4 heteroatoms. The predicted octanol–water partition coefficient (Wildman–Crippen LogP) is 9.04. The molecule has 1 amide bonds. The number of nitrogens with one attached hydrogen (secondary N) is 1. The highest BCUT2D eigenvalue weighted by molar-refractivity contribution is 5.79. The SMILES string of the molecule is CC(C)CCC[C@@H](C)[C@H]1CCC2C3CC=C4C[C@@H](NC(=O)C(C)CC(C)(C)CC(=O)O)CC[C@]4(C)C3CC[C@@]21C. The van der Waals surface area contributed by atoms with Crippen molar-refractivity contribution in [3.05, 3.63) is 11.6 Å². The lowest BCUT2D eigenvalue weighted by Gasteiger charge is -2.58. The Morgan fingerprint density at radius 1 is 1.02 bits per heavy atom. The van der Waals surface area contributed by atoms with Crippen LogP contribution in [0.5, 0.6) is 0 Å². The van der Waals surface area contributed by atoms with Crippen LogP contribution in [0.15, 0.2) is 11.6 Å². The van der Waals surface area contributed by atoms with E-state index in [1.807, 2.05) is 20.8 Å². The average Bonchev–Trinajstić information content (AvgIpc) is 3.20. The van der Waals surface area contributed by atoms with Gasteiger partial charge in [-0.25, -0.2) is 0 Å². The molecule has 0 spiro atoms. The second-order valence-electron chi connectivity index (χ2n) is 16.6. The number of rotatable bonds is 11. The molecule has 40 heavy (non-hydrogen) atoms. The van der Waals surface area contributed by atoms with Gasteiger partial charge in [-0.1, -0.05) is 86.3 Å². The summed E-state index contributed by atoms with van der Waals surface area (Å²) in [7, 11) is 0. The van der Waals surface area contributed by atoms with Crippen LogP contribution in [0.3, 0.4) is 0 Å². The Morgan fingerprint density at radius 3 is 2.42 bits per heavy atom. The van der Waals surface area contributed by atoms with Crippen LogP contribution in [-0.4, -0.2) is 23.0 Å². The fourth-order valence-corrected chi connectivity index (χ4v) is 10.6. The zero-order valence-corrected chi connectivity index (χ0v) is 27.2. The number of carbonyl (C=O) groups excluding carboxylic acids is 1. The lowest BCUT2D eigenvalue weighted by molar-refractivity contribution is -0.140. The molecule has 0 radical (unpaired) electrons. The van der Waals surface area contributed by atoms with Crippen LogP contribution < -0.4 is 5.32 Å². The number of fused-ring (bicyclic) bond motifs is 5. The number of aliphatic carboxylic acids is 1. The quantitative estimate of drug-likeness (QED) is 0.250. The Bertz CT molecular complexity index is 952. The summed E-state index contributed by atoms with van der Waals surface area (Å²) < 4.78 is 0. The van der Waals surface area contributed by atoms with Gasteiger partial charge in [0.05, 0.1) is 6.42 Å². The first-order valence-corrected chi connectivity index (χ1v) is 16.9. The normalized spacial score (nSPS) is 37.1. The molecule has 4 nitrogen and oxygen atoms in total. The van der Waals surface area contributed by atoms with Crippen LogP contribution in [0.1, 0.15) is 139 Å². The van der Waals surface area contributed by atoms with E-state index in [9.17, 15) is 14.7 Å². The monoisotopic (exact) mass is 555 g/mol. The molecule has 3 fully saturated rings. The molecular weight excluding hydrogens is 494 g/mol. The maximum absolute atomic E-state index is 13.1. The number of carboxylic acid groups (broad SMARTS) is 1. The summed E-state index contributed by atoms with van der Waals surface area (Å²) in [5.41, 5.74) is 2.05. The molecule has 0 saturated heterocycles. The van der Waals surface area contributed by atoms with Gasteiger partial charge in [0, 0.05) is 12.0 Å². The van der Waals surface area contributed by atoms with Gasteiger partial charge in [-0.3, -0.25) is 9.59 Å². The molecule has 0 aromatic rings. The molecule has 0 heterocycles. The molecule has 4 rings (SSSR count). The van der Waals surface area contributed by atoms with Crippen molar-refractivity contribution in [2.24, 2.45) is 57.7 Å². The van der Waals surface area contributed by atoms with Crippen LogP contribution in [0.25, 0.3) is 0 Å². The van der Waals surface area contributed by atoms with Crippen molar-refractivity contribution in [3.63, 3.8) is 0 Å². The summed E-state index contributed by atoms with van der Waals surface area (Å²) >= 11 is 0. The standard InChI is InChI=1S/C36H61NO3/c1-23(2)10-9-11-24(3)29-14-15-30-28-13-12-26-20-27(16-18-35(26,7)31(28)17-19-36(29,30)8)37-33(40)25(4)21-34(5,6)22-32(38)39/h12,23-25,27-31H,9-11,13-22H2,1-8H3,(H,37,40)(H,38,39)/t24-,25?,27+,28?,29-,30?,31?,35+,36-/m1/s1. The summed E-state index contributed by atoms with van der Waals surface area (Å²) in [4.78, 5) is 24.3. The van der Waals surface area contributed by atoms with E-state index in [4.69, 9.17) is 0 Å². The smallest absolute Gasteiger partial charge is 0.303 e. The van der Waals surface area contributed by atoms with Crippen LogP contribution >= 0.6 is 0 Å². The maximum Gasteiger partial charge on any atom is 0.303 e. The molecule has 0 aliphatic heterocycles. The molecule has 3 saturated carbocycles. The minimum atomic E-state index is -0.793. The van der Waals surface area contributed by atoms with Gasteiger partial charge < -0.3 is 10.4 Å². The number of hydrogen-bond donors (Lipinski definition) is 2. The number of amides is 1. The third-order valence-electron chi connectivity index (χ3n) is 12.6.